The molecule has 0 aliphatic carbocycles. The first-order chi connectivity index (χ1) is 19.3. The van der Waals surface area contributed by atoms with Crippen molar-refractivity contribution >= 4 is 50.1 Å². The highest BCUT2D eigenvalue weighted by Gasteiger charge is 2.34. The van der Waals surface area contributed by atoms with E-state index in [-0.39, 0.29) is 41.4 Å². The summed E-state index contributed by atoms with van der Waals surface area (Å²) in [5.41, 5.74) is 3.75. The number of aromatic nitrogens is 4. The van der Waals surface area contributed by atoms with Gasteiger partial charge in [0.25, 0.3) is 5.91 Å². The SMILES string of the molecule is Cc1ccc(C(=O)NC(c2nnc(CC3SC(=O)CC3=O)o2)c2nc3ccc(-c4ccc(F)nc4)cc3s2)cc1. The van der Waals surface area contributed by atoms with Gasteiger partial charge in [0, 0.05) is 23.7 Å². The number of Topliss-reactive ketones (excluding diaryl/α,β-unsaturated/α-hetero) is 1. The number of thioether (sulfide) groups is 1. The van der Waals surface area contributed by atoms with Crippen molar-refractivity contribution in [2.24, 2.45) is 0 Å². The lowest BCUT2D eigenvalue weighted by Crippen LogP contribution is -2.29. The zero-order valence-electron chi connectivity index (χ0n) is 21.0. The summed E-state index contributed by atoms with van der Waals surface area (Å²) in [6, 6.07) is 14.8. The normalized spacial score (nSPS) is 16.0. The molecule has 2 atom stereocenters. The number of rotatable bonds is 7. The molecule has 6 rings (SSSR count). The van der Waals surface area contributed by atoms with E-state index in [9.17, 15) is 18.8 Å². The quantitative estimate of drug-likeness (QED) is 0.215. The predicted octanol–water partition coefficient (Wildman–Crippen LogP) is 4.85. The van der Waals surface area contributed by atoms with Crippen LogP contribution in [0.25, 0.3) is 21.3 Å². The molecule has 9 nitrogen and oxygen atoms in total. The molecule has 40 heavy (non-hydrogen) atoms. The van der Waals surface area contributed by atoms with Gasteiger partial charge in [0.15, 0.2) is 16.9 Å². The third-order valence-electron chi connectivity index (χ3n) is 6.34. The topological polar surface area (TPSA) is 128 Å². The molecule has 12 heteroatoms. The van der Waals surface area contributed by atoms with E-state index in [2.05, 4.69) is 20.5 Å². The molecule has 0 spiro atoms. The minimum atomic E-state index is -0.864. The fraction of sp³-hybridized carbons (Fsp3) is 0.179. The number of amides is 1. The lowest BCUT2D eigenvalue weighted by Gasteiger charge is -2.13. The van der Waals surface area contributed by atoms with E-state index in [0.29, 0.717) is 16.1 Å². The van der Waals surface area contributed by atoms with Gasteiger partial charge in [-0.15, -0.1) is 21.5 Å². The highest BCUT2D eigenvalue weighted by atomic mass is 32.2. The molecule has 1 aliphatic heterocycles. The van der Waals surface area contributed by atoms with E-state index < -0.39 is 17.2 Å². The number of carbonyl (C=O) groups excluding carboxylic acids is 3. The van der Waals surface area contributed by atoms with Gasteiger partial charge >= 0.3 is 0 Å². The number of ketones is 1. The Balaban J connectivity index is 1.33. The Morgan fingerprint density at radius 1 is 1.10 bits per heavy atom. The lowest BCUT2D eigenvalue weighted by atomic mass is 10.1. The number of hydrogen-bond donors (Lipinski definition) is 1. The first-order valence-electron chi connectivity index (χ1n) is 12.3. The van der Waals surface area contributed by atoms with E-state index in [1.165, 1.54) is 23.6 Å². The first kappa shape index (κ1) is 26.0. The summed E-state index contributed by atoms with van der Waals surface area (Å²) in [7, 11) is 0. The van der Waals surface area contributed by atoms with Crippen LogP contribution in [0, 0.1) is 12.9 Å². The summed E-state index contributed by atoms with van der Waals surface area (Å²) in [6.45, 7) is 1.93. The minimum absolute atomic E-state index is 0.104. The van der Waals surface area contributed by atoms with E-state index in [1.807, 2.05) is 37.3 Å². The smallest absolute Gasteiger partial charge is 0.252 e. The largest absolute Gasteiger partial charge is 0.422 e. The standard InChI is InChI=1S/C28H20FN5O4S2/c1-14-2-4-15(5-3-14)26(37)32-25(27-34-33-23(38-27)12-21-19(35)11-24(36)39-21)28-31-18-8-6-16(10-20(18)40-28)17-7-9-22(29)30-13-17/h2-10,13,21,25H,11-12H2,1H3,(H,32,37). The number of thiazole rings is 1. The molecule has 1 saturated heterocycles. The molecule has 5 aromatic rings. The predicted molar refractivity (Wildman–Crippen MR) is 147 cm³/mol. The molecule has 3 aromatic heterocycles. The second kappa shape index (κ2) is 10.7. The Morgan fingerprint density at radius 2 is 1.90 bits per heavy atom. The molecule has 2 unspecified atom stereocenters. The number of nitrogens with one attached hydrogen (secondary N) is 1. The van der Waals surface area contributed by atoms with E-state index >= 15 is 0 Å². The fourth-order valence-electron chi connectivity index (χ4n) is 4.24. The average molecular weight is 574 g/mol. The van der Waals surface area contributed by atoms with Crippen molar-refractivity contribution in [3.63, 3.8) is 0 Å². The molecule has 0 saturated carbocycles. The van der Waals surface area contributed by atoms with Crippen LogP contribution in [-0.4, -0.2) is 42.2 Å². The average Bonchev–Trinajstić information content (AvgIpc) is 3.66. The van der Waals surface area contributed by atoms with Crippen LogP contribution in [0.15, 0.2) is 65.2 Å². The van der Waals surface area contributed by atoms with E-state index in [4.69, 9.17) is 9.40 Å². The van der Waals surface area contributed by atoms with Crippen LogP contribution < -0.4 is 5.32 Å². The number of hydrogen-bond acceptors (Lipinski definition) is 10. The maximum Gasteiger partial charge on any atom is 0.252 e. The summed E-state index contributed by atoms with van der Waals surface area (Å²) < 4.78 is 20.0. The van der Waals surface area contributed by atoms with E-state index in [1.54, 1.807) is 18.2 Å². The van der Waals surface area contributed by atoms with Crippen molar-refractivity contribution in [1.29, 1.82) is 0 Å². The molecule has 200 valence electrons. The van der Waals surface area contributed by atoms with Crippen LogP contribution in [0.2, 0.25) is 0 Å². The molecule has 1 N–H and O–H groups in total. The second-order valence-corrected chi connectivity index (χ2v) is 11.6. The van der Waals surface area contributed by atoms with Crippen molar-refractivity contribution in [1.82, 2.24) is 25.5 Å². The zero-order valence-corrected chi connectivity index (χ0v) is 22.6. The highest BCUT2D eigenvalue weighted by Crippen LogP contribution is 2.34. The molecule has 4 heterocycles. The van der Waals surface area contributed by atoms with Gasteiger partial charge in [0.05, 0.1) is 21.9 Å². The Hall–Kier alpha value is -4.29. The Morgan fingerprint density at radius 3 is 2.62 bits per heavy atom. The molecule has 1 aliphatic rings. The van der Waals surface area contributed by atoms with Crippen LogP contribution in [0.1, 0.15) is 45.2 Å². The summed E-state index contributed by atoms with van der Waals surface area (Å²) in [4.78, 5) is 45.4. The van der Waals surface area contributed by atoms with Crippen LogP contribution in [0.5, 0.6) is 0 Å². The zero-order chi connectivity index (χ0) is 27.8. The number of pyridine rings is 1. The number of carbonyl (C=O) groups is 3. The third kappa shape index (κ3) is 5.40. The molecule has 1 fully saturated rings. The first-order valence-corrected chi connectivity index (χ1v) is 14.0. The fourth-order valence-corrected chi connectivity index (χ4v) is 6.28. The number of benzene rings is 2. The Bertz CT molecular complexity index is 1750. The van der Waals surface area contributed by atoms with Gasteiger partial charge in [-0.25, -0.2) is 9.97 Å². The van der Waals surface area contributed by atoms with Crippen molar-refractivity contribution in [3.8, 4) is 11.1 Å². The monoisotopic (exact) mass is 573 g/mol. The van der Waals surface area contributed by atoms with Crippen LogP contribution in [0.4, 0.5) is 4.39 Å². The number of aryl methyl sites for hydroxylation is 1. The number of nitrogens with zero attached hydrogens (tertiary/aromatic N) is 4. The molecule has 0 radical (unpaired) electrons. The van der Waals surface area contributed by atoms with Gasteiger partial charge in [0.1, 0.15) is 5.01 Å². The maximum absolute atomic E-state index is 13.3. The van der Waals surface area contributed by atoms with Gasteiger partial charge < -0.3 is 9.73 Å². The molecule has 0 bridgehead atoms. The number of halogens is 1. The second-order valence-electron chi connectivity index (χ2n) is 9.24. The van der Waals surface area contributed by atoms with Crippen molar-refractivity contribution in [2.45, 2.75) is 31.1 Å². The molecular weight excluding hydrogens is 553 g/mol. The van der Waals surface area contributed by atoms with Crippen molar-refractivity contribution in [2.75, 3.05) is 0 Å². The van der Waals surface area contributed by atoms with Gasteiger partial charge in [0.2, 0.25) is 17.7 Å². The Labute approximate surface area is 235 Å². The van der Waals surface area contributed by atoms with Crippen LogP contribution >= 0.6 is 23.1 Å². The number of fused-ring (bicyclic) bond motifs is 1. The molecule has 2 aromatic carbocycles. The van der Waals surface area contributed by atoms with Crippen molar-refractivity contribution < 1.29 is 23.2 Å². The van der Waals surface area contributed by atoms with Crippen LogP contribution in [0.3, 0.4) is 0 Å². The van der Waals surface area contributed by atoms with E-state index in [0.717, 1.165) is 33.2 Å². The minimum Gasteiger partial charge on any atom is -0.422 e. The Kier molecular flexibility index (Phi) is 6.95. The third-order valence-corrected chi connectivity index (χ3v) is 8.55. The van der Waals surface area contributed by atoms with Crippen molar-refractivity contribution in [3.05, 3.63) is 94.7 Å². The molecule has 1 amide bonds. The van der Waals surface area contributed by atoms with Gasteiger partial charge in [-0.3, -0.25) is 14.4 Å². The van der Waals surface area contributed by atoms with Gasteiger partial charge in [-0.05, 0) is 48.9 Å². The molecular formula is C28H20FN5O4S2. The van der Waals surface area contributed by atoms with Crippen LogP contribution in [-0.2, 0) is 16.0 Å². The summed E-state index contributed by atoms with van der Waals surface area (Å²) in [5.74, 6) is -0.776. The van der Waals surface area contributed by atoms with Gasteiger partial charge in [-0.1, -0.05) is 35.5 Å². The maximum atomic E-state index is 13.3. The summed E-state index contributed by atoms with van der Waals surface area (Å²) in [5, 5.41) is 11.0. The highest BCUT2D eigenvalue weighted by molar-refractivity contribution is 8.15. The summed E-state index contributed by atoms with van der Waals surface area (Å²) >= 11 is 2.32. The lowest BCUT2D eigenvalue weighted by molar-refractivity contribution is -0.121. The summed E-state index contributed by atoms with van der Waals surface area (Å²) in [6.07, 6.45) is 1.48. The van der Waals surface area contributed by atoms with Gasteiger partial charge in [-0.2, -0.15) is 4.39 Å².